The minimum atomic E-state index is -4.59. The monoisotopic (exact) mass is 464 g/mol. The summed E-state index contributed by atoms with van der Waals surface area (Å²) in [4.78, 5) is 26.6. The van der Waals surface area contributed by atoms with Gasteiger partial charge in [0.25, 0.3) is 5.91 Å². The Morgan fingerprint density at radius 1 is 1.30 bits per heavy atom. The van der Waals surface area contributed by atoms with Gasteiger partial charge in [0.15, 0.2) is 5.69 Å². The van der Waals surface area contributed by atoms with Crippen molar-refractivity contribution in [2.24, 2.45) is 5.11 Å². The van der Waals surface area contributed by atoms with Crippen LogP contribution in [-0.4, -0.2) is 39.4 Å². The van der Waals surface area contributed by atoms with Crippen molar-refractivity contribution in [3.8, 4) is 11.3 Å². The molecular weight excluding hydrogens is 441 g/mol. The van der Waals surface area contributed by atoms with Gasteiger partial charge < -0.3 is 10.4 Å². The molecule has 0 unspecified atom stereocenters. The molecule has 1 amide bonds. The summed E-state index contributed by atoms with van der Waals surface area (Å²) in [6.45, 7) is -0.0184. The summed E-state index contributed by atoms with van der Waals surface area (Å²) in [5, 5.41) is 19.3. The SMILES string of the molecule is [N-]=[N+]=NCC[C@@H](CC(=O)O)NC(=O)c1cc(-c2ccccc2C(F)(F)F)n(C2CCCC2)n1. The van der Waals surface area contributed by atoms with Crippen LogP contribution in [0.2, 0.25) is 0 Å². The molecule has 12 heteroatoms. The second-order valence-corrected chi connectivity index (χ2v) is 7.85. The Hall–Kier alpha value is -3.53. The van der Waals surface area contributed by atoms with Gasteiger partial charge in [-0.25, -0.2) is 0 Å². The Kier molecular flexibility index (Phi) is 7.59. The molecule has 176 valence electrons. The molecule has 9 nitrogen and oxygen atoms in total. The molecule has 2 N–H and O–H groups in total. The van der Waals surface area contributed by atoms with Crippen LogP contribution in [-0.2, 0) is 11.0 Å². The number of aliphatic carboxylic acids is 1. The topological polar surface area (TPSA) is 133 Å². The van der Waals surface area contributed by atoms with E-state index in [-0.39, 0.29) is 36.0 Å². The van der Waals surface area contributed by atoms with E-state index in [2.05, 4.69) is 20.4 Å². The Balaban J connectivity index is 1.96. The van der Waals surface area contributed by atoms with Crippen LogP contribution >= 0.6 is 0 Å². The van der Waals surface area contributed by atoms with Crippen molar-refractivity contribution in [2.45, 2.75) is 56.8 Å². The van der Waals surface area contributed by atoms with Gasteiger partial charge in [-0.05, 0) is 36.9 Å². The third-order valence-corrected chi connectivity index (χ3v) is 5.54. The quantitative estimate of drug-likeness (QED) is 0.308. The molecule has 0 spiro atoms. The maximum atomic E-state index is 13.7. The molecule has 1 fully saturated rings. The fraction of sp³-hybridized carbons (Fsp3) is 0.476. The Labute approximate surface area is 187 Å². The number of benzene rings is 1. The number of azide groups is 1. The Bertz CT molecular complexity index is 1060. The average Bonchev–Trinajstić information content (AvgIpc) is 3.42. The van der Waals surface area contributed by atoms with Crippen LogP contribution in [0.1, 0.15) is 60.6 Å². The summed E-state index contributed by atoms with van der Waals surface area (Å²) in [7, 11) is 0. The van der Waals surface area contributed by atoms with Crippen molar-refractivity contribution >= 4 is 11.9 Å². The lowest BCUT2D eigenvalue weighted by Crippen LogP contribution is -2.37. The van der Waals surface area contributed by atoms with E-state index < -0.39 is 36.1 Å². The first-order valence-corrected chi connectivity index (χ1v) is 10.5. The van der Waals surface area contributed by atoms with Gasteiger partial charge in [0, 0.05) is 23.1 Å². The summed E-state index contributed by atoms with van der Waals surface area (Å²) >= 11 is 0. The standard InChI is InChI=1S/C21H23F3N6O3/c22-21(23,24)16-8-4-3-7-15(16)18-12-17(28-30(18)14-5-1-2-6-14)20(33)27-13(11-19(31)32)9-10-26-29-25/h3-4,7-8,12-14H,1-2,5-6,9-11H2,(H,27,33)(H,31,32)/t13-/m0/s1. The fourth-order valence-electron chi connectivity index (χ4n) is 4.04. The van der Waals surface area contributed by atoms with E-state index in [0.717, 1.165) is 31.7 Å². The van der Waals surface area contributed by atoms with E-state index in [4.69, 9.17) is 10.6 Å². The Morgan fingerprint density at radius 2 is 2.00 bits per heavy atom. The normalized spacial score (nSPS) is 15.1. The van der Waals surface area contributed by atoms with Crippen molar-refractivity contribution in [3.05, 3.63) is 52.0 Å². The van der Waals surface area contributed by atoms with E-state index in [1.54, 1.807) is 0 Å². The highest BCUT2D eigenvalue weighted by molar-refractivity contribution is 5.94. The van der Waals surface area contributed by atoms with Crippen LogP contribution < -0.4 is 5.32 Å². The average molecular weight is 464 g/mol. The van der Waals surface area contributed by atoms with Crippen molar-refractivity contribution in [3.63, 3.8) is 0 Å². The van der Waals surface area contributed by atoms with Crippen molar-refractivity contribution < 1.29 is 27.9 Å². The van der Waals surface area contributed by atoms with Gasteiger partial charge in [-0.2, -0.15) is 18.3 Å². The molecule has 1 aromatic carbocycles. The van der Waals surface area contributed by atoms with Gasteiger partial charge in [-0.3, -0.25) is 14.3 Å². The van der Waals surface area contributed by atoms with Crippen molar-refractivity contribution in [1.29, 1.82) is 0 Å². The molecule has 1 aromatic heterocycles. The maximum Gasteiger partial charge on any atom is 0.417 e. The van der Waals surface area contributed by atoms with Crippen LogP contribution in [0.15, 0.2) is 35.4 Å². The lowest BCUT2D eigenvalue weighted by atomic mass is 10.0. The van der Waals surface area contributed by atoms with Crippen LogP contribution in [0.5, 0.6) is 0 Å². The number of rotatable bonds is 9. The van der Waals surface area contributed by atoms with Gasteiger partial charge in [0.2, 0.25) is 0 Å². The number of amides is 1. The first-order valence-electron chi connectivity index (χ1n) is 10.5. The largest absolute Gasteiger partial charge is 0.481 e. The number of halogens is 3. The summed E-state index contributed by atoms with van der Waals surface area (Å²) < 4.78 is 42.4. The molecule has 0 radical (unpaired) electrons. The zero-order chi connectivity index (χ0) is 24.0. The highest BCUT2D eigenvalue weighted by atomic mass is 19.4. The van der Waals surface area contributed by atoms with E-state index in [0.29, 0.717) is 0 Å². The predicted octanol–water partition coefficient (Wildman–Crippen LogP) is 4.96. The molecule has 0 saturated heterocycles. The molecule has 2 aromatic rings. The number of carbonyl (C=O) groups is 2. The molecular formula is C21H23F3N6O3. The fourth-order valence-corrected chi connectivity index (χ4v) is 4.04. The number of aromatic nitrogens is 2. The first-order chi connectivity index (χ1) is 15.7. The lowest BCUT2D eigenvalue weighted by Gasteiger charge is -2.17. The summed E-state index contributed by atoms with van der Waals surface area (Å²) in [5.74, 6) is -1.86. The number of nitrogens with zero attached hydrogens (tertiary/aromatic N) is 5. The minimum absolute atomic E-state index is 0.0184. The van der Waals surface area contributed by atoms with Crippen LogP contribution in [0.3, 0.4) is 0 Å². The summed E-state index contributed by atoms with van der Waals surface area (Å²) in [6, 6.07) is 5.47. The smallest absolute Gasteiger partial charge is 0.417 e. The minimum Gasteiger partial charge on any atom is -0.481 e. The number of hydrogen-bond donors (Lipinski definition) is 2. The third-order valence-electron chi connectivity index (χ3n) is 5.54. The highest BCUT2D eigenvalue weighted by Crippen LogP contribution is 2.40. The number of carboxylic acid groups (broad SMARTS) is 1. The number of hydrogen-bond acceptors (Lipinski definition) is 4. The molecule has 1 heterocycles. The third kappa shape index (κ3) is 6.04. The summed E-state index contributed by atoms with van der Waals surface area (Å²) in [6.07, 6.45) is -1.61. The molecule has 1 saturated carbocycles. The maximum absolute atomic E-state index is 13.7. The second kappa shape index (κ2) is 10.4. The highest BCUT2D eigenvalue weighted by Gasteiger charge is 2.35. The Morgan fingerprint density at radius 3 is 2.64 bits per heavy atom. The zero-order valence-corrected chi connectivity index (χ0v) is 17.6. The van der Waals surface area contributed by atoms with Gasteiger partial charge in [-0.1, -0.05) is 36.2 Å². The van der Waals surface area contributed by atoms with E-state index >= 15 is 0 Å². The zero-order valence-electron chi connectivity index (χ0n) is 17.6. The molecule has 1 atom stereocenters. The van der Waals surface area contributed by atoms with Gasteiger partial charge in [0.05, 0.1) is 23.7 Å². The molecule has 0 bridgehead atoms. The molecule has 0 aliphatic heterocycles. The number of carboxylic acids is 1. The summed E-state index contributed by atoms with van der Waals surface area (Å²) in [5.41, 5.74) is 7.59. The second-order valence-electron chi connectivity index (χ2n) is 7.85. The van der Waals surface area contributed by atoms with Crippen molar-refractivity contribution in [1.82, 2.24) is 15.1 Å². The van der Waals surface area contributed by atoms with Crippen LogP contribution in [0, 0.1) is 0 Å². The number of nitrogens with one attached hydrogen (secondary N) is 1. The molecule has 1 aliphatic carbocycles. The van der Waals surface area contributed by atoms with Crippen LogP contribution in [0.4, 0.5) is 13.2 Å². The molecule has 3 rings (SSSR count). The van der Waals surface area contributed by atoms with Crippen LogP contribution in [0.25, 0.3) is 21.7 Å². The van der Waals surface area contributed by atoms with E-state index in [1.807, 2.05) is 0 Å². The van der Waals surface area contributed by atoms with Gasteiger partial charge >= 0.3 is 12.1 Å². The lowest BCUT2D eigenvalue weighted by molar-refractivity contribution is -0.138. The van der Waals surface area contributed by atoms with Crippen molar-refractivity contribution in [2.75, 3.05) is 6.54 Å². The van der Waals surface area contributed by atoms with E-state index in [9.17, 15) is 22.8 Å². The number of alkyl halides is 3. The molecule has 1 aliphatic rings. The van der Waals surface area contributed by atoms with Gasteiger partial charge in [0.1, 0.15) is 0 Å². The molecule has 33 heavy (non-hydrogen) atoms. The number of carbonyl (C=O) groups excluding carboxylic acids is 1. The van der Waals surface area contributed by atoms with Gasteiger partial charge in [-0.15, -0.1) is 0 Å². The first kappa shape index (κ1) is 24.1. The predicted molar refractivity (Wildman–Crippen MR) is 112 cm³/mol. The van der Waals surface area contributed by atoms with E-state index in [1.165, 1.54) is 28.9 Å².